The van der Waals surface area contributed by atoms with Crippen LogP contribution in [0.3, 0.4) is 0 Å². The lowest BCUT2D eigenvalue weighted by Gasteiger charge is -2.11. The van der Waals surface area contributed by atoms with Crippen molar-refractivity contribution in [3.8, 4) is 11.5 Å². The molecule has 0 aliphatic heterocycles. The maximum absolute atomic E-state index is 13.0. The van der Waals surface area contributed by atoms with Gasteiger partial charge in [0, 0.05) is 5.69 Å². The Kier molecular flexibility index (Phi) is 7.00. The second kappa shape index (κ2) is 10.1. The van der Waals surface area contributed by atoms with Gasteiger partial charge in [-0.2, -0.15) is 0 Å². The van der Waals surface area contributed by atoms with Gasteiger partial charge in [-0.25, -0.2) is 9.18 Å². The molecular formula is C23H20FNO5. The largest absolute Gasteiger partial charge is 0.497 e. The summed E-state index contributed by atoms with van der Waals surface area (Å²) in [5, 5.41) is 2.63. The molecule has 0 saturated heterocycles. The number of nitrogens with one attached hydrogen (secondary N) is 1. The van der Waals surface area contributed by atoms with Crippen molar-refractivity contribution in [1.82, 2.24) is 0 Å². The van der Waals surface area contributed by atoms with Gasteiger partial charge in [0.05, 0.1) is 7.11 Å². The number of carbonyl (C=O) groups excluding carboxylic acids is 2. The molecule has 0 radical (unpaired) electrons. The first-order chi connectivity index (χ1) is 14.5. The highest BCUT2D eigenvalue weighted by atomic mass is 19.1. The van der Waals surface area contributed by atoms with Crippen LogP contribution in [-0.2, 0) is 16.1 Å². The Balaban J connectivity index is 1.55. The molecule has 6 nitrogen and oxygen atoms in total. The fourth-order valence-electron chi connectivity index (χ4n) is 2.58. The van der Waals surface area contributed by atoms with E-state index in [1.807, 2.05) is 0 Å². The molecule has 1 N–H and O–H groups in total. The summed E-state index contributed by atoms with van der Waals surface area (Å²) in [5.41, 5.74) is 1.50. The van der Waals surface area contributed by atoms with Crippen LogP contribution in [0.2, 0.25) is 0 Å². The number of methoxy groups -OCH3 is 1. The van der Waals surface area contributed by atoms with Crippen molar-refractivity contribution in [2.24, 2.45) is 0 Å². The van der Waals surface area contributed by atoms with E-state index in [0.29, 0.717) is 17.2 Å². The van der Waals surface area contributed by atoms with E-state index in [1.54, 1.807) is 67.8 Å². The van der Waals surface area contributed by atoms with Crippen LogP contribution in [-0.4, -0.2) is 25.6 Å². The van der Waals surface area contributed by atoms with E-state index in [1.165, 1.54) is 12.1 Å². The van der Waals surface area contributed by atoms with Crippen LogP contribution in [0, 0.1) is 5.82 Å². The van der Waals surface area contributed by atoms with Crippen molar-refractivity contribution < 1.29 is 28.2 Å². The highest BCUT2D eigenvalue weighted by Crippen LogP contribution is 2.21. The Hall–Kier alpha value is -3.87. The molecule has 0 atom stereocenters. The second-order valence-electron chi connectivity index (χ2n) is 6.26. The number of para-hydroxylation sites is 1. The predicted octanol–water partition coefficient (Wildman–Crippen LogP) is 4.21. The van der Waals surface area contributed by atoms with Crippen molar-refractivity contribution >= 4 is 17.6 Å². The number of rotatable bonds is 8. The normalized spacial score (nSPS) is 10.2. The summed E-state index contributed by atoms with van der Waals surface area (Å²) in [5.74, 6) is -0.525. The molecule has 7 heteroatoms. The quantitative estimate of drug-likeness (QED) is 0.564. The van der Waals surface area contributed by atoms with Gasteiger partial charge in [-0.15, -0.1) is 0 Å². The fourth-order valence-corrected chi connectivity index (χ4v) is 2.58. The summed E-state index contributed by atoms with van der Waals surface area (Å²) in [6.07, 6.45) is 0. The van der Waals surface area contributed by atoms with Gasteiger partial charge in [0.15, 0.2) is 6.61 Å². The lowest BCUT2D eigenvalue weighted by atomic mass is 10.2. The highest BCUT2D eigenvalue weighted by molar-refractivity contribution is 5.96. The lowest BCUT2D eigenvalue weighted by molar-refractivity contribution is -0.119. The summed E-state index contributed by atoms with van der Waals surface area (Å²) in [4.78, 5) is 24.5. The Morgan fingerprint density at radius 1 is 0.933 bits per heavy atom. The zero-order valence-electron chi connectivity index (χ0n) is 16.3. The molecule has 3 rings (SSSR count). The third-order valence-corrected chi connectivity index (χ3v) is 4.12. The fraction of sp³-hybridized carbons (Fsp3) is 0.130. The Bertz CT molecular complexity index is 1000. The number of carbonyl (C=O) groups is 2. The first-order valence-corrected chi connectivity index (χ1v) is 9.12. The van der Waals surface area contributed by atoms with Gasteiger partial charge in [-0.05, 0) is 54.1 Å². The first-order valence-electron chi connectivity index (χ1n) is 9.12. The molecule has 30 heavy (non-hydrogen) atoms. The number of amides is 1. The molecule has 0 bridgehead atoms. The van der Waals surface area contributed by atoms with Gasteiger partial charge in [-0.3, -0.25) is 4.79 Å². The number of benzene rings is 3. The maximum Gasteiger partial charge on any atom is 0.342 e. The van der Waals surface area contributed by atoms with E-state index in [9.17, 15) is 14.0 Å². The Morgan fingerprint density at radius 2 is 1.63 bits per heavy atom. The molecule has 0 aliphatic rings. The first kappa shape index (κ1) is 20.9. The SMILES string of the molecule is COc1ccc(NC(=O)COC(=O)c2ccccc2OCc2ccc(F)cc2)cc1. The third-order valence-electron chi connectivity index (χ3n) is 4.12. The minimum atomic E-state index is -0.686. The smallest absolute Gasteiger partial charge is 0.342 e. The zero-order chi connectivity index (χ0) is 21.3. The van der Waals surface area contributed by atoms with Crippen LogP contribution in [0.15, 0.2) is 72.8 Å². The molecule has 1 amide bonds. The minimum absolute atomic E-state index is 0.155. The summed E-state index contributed by atoms with van der Waals surface area (Å²) in [6.45, 7) is -0.292. The molecule has 3 aromatic carbocycles. The van der Waals surface area contributed by atoms with Crippen LogP contribution >= 0.6 is 0 Å². The number of anilines is 1. The highest BCUT2D eigenvalue weighted by Gasteiger charge is 2.15. The lowest BCUT2D eigenvalue weighted by Crippen LogP contribution is -2.21. The zero-order valence-corrected chi connectivity index (χ0v) is 16.3. The summed E-state index contributed by atoms with van der Waals surface area (Å²) < 4.78 is 28.8. The Labute approximate surface area is 173 Å². The van der Waals surface area contributed by atoms with E-state index in [2.05, 4.69) is 5.32 Å². The van der Waals surface area contributed by atoms with Crippen LogP contribution in [0.25, 0.3) is 0 Å². The monoisotopic (exact) mass is 409 g/mol. The van der Waals surface area contributed by atoms with Gasteiger partial charge in [-0.1, -0.05) is 24.3 Å². The standard InChI is InChI=1S/C23H20FNO5/c1-28-19-12-10-18(11-13-19)25-22(26)15-30-23(27)20-4-2-3-5-21(20)29-14-16-6-8-17(24)9-7-16/h2-13H,14-15H2,1H3,(H,25,26). The third kappa shape index (κ3) is 5.81. The van der Waals surface area contributed by atoms with Crippen molar-refractivity contribution in [3.05, 3.63) is 89.7 Å². The van der Waals surface area contributed by atoms with E-state index < -0.39 is 18.5 Å². The van der Waals surface area contributed by atoms with E-state index in [0.717, 1.165) is 5.56 Å². The number of ether oxygens (including phenoxy) is 3. The topological polar surface area (TPSA) is 73.9 Å². The van der Waals surface area contributed by atoms with E-state index in [-0.39, 0.29) is 18.0 Å². The van der Waals surface area contributed by atoms with Crippen molar-refractivity contribution in [2.45, 2.75) is 6.61 Å². The second-order valence-corrected chi connectivity index (χ2v) is 6.26. The average molecular weight is 409 g/mol. The van der Waals surface area contributed by atoms with Crippen LogP contribution in [0.4, 0.5) is 10.1 Å². The molecular weight excluding hydrogens is 389 g/mol. The van der Waals surface area contributed by atoms with Crippen LogP contribution in [0.5, 0.6) is 11.5 Å². The van der Waals surface area contributed by atoms with Crippen molar-refractivity contribution in [2.75, 3.05) is 19.0 Å². The number of halogens is 1. The number of esters is 1. The van der Waals surface area contributed by atoms with Gasteiger partial charge in [0.25, 0.3) is 5.91 Å². The van der Waals surface area contributed by atoms with Gasteiger partial charge < -0.3 is 19.5 Å². The molecule has 0 heterocycles. The Morgan fingerprint density at radius 3 is 2.33 bits per heavy atom. The molecule has 154 valence electrons. The maximum atomic E-state index is 13.0. The van der Waals surface area contributed by atoms with Gasteiger partial charge in [0.1, 0.15) is 29.5 Å². The summed E-state index contributed by atoms with van der Waals surface area (Å²) in [6, 6.07) is 19.2. The van der Waals surface area contributed by atoms with E-state index >= 15 is 0 Å². The van der Waals surface area contributed by atoms with Gasteiger partial charge >= 0.3 is 5.97 Å². The number of hydrogen-bond donors (Lipinski definition) is 1. The van der Waals surface area contributed by atoms with Crippen LogP contribution in [0.1, 0.15) is 15.9 Å². The molecule has 0 fully saturated rings. The molecule has 0 unspecified atom stereocenters. The molecule has 3 aromatic rings. The summed E-state index contributed by atoms with van der Waals surface area (Å²) in [7, 11) is 1.55. The van der Waals surface area contributed by atoms with E-state index in [4.69, 9.17) is 14.2 Å². The predicted molar refractivity (Wildman–Crippen MR) is 109 cm³/mol. The molecule has 0 aliphatic carbocycles. The molecule has 0 aromatic heterocycles. The number of hydrogen-bond acceptors (Lipinski definition) is 5. The summed E-state index contributed by atoms with van der Waals surface area (Å²) >= 11 is 0. The molecule has 0 saturated carbocycles. The van der Waals surface area contributed by atoms with Crippen molar-refractivity contribution in [1.29, 1.82) is 0 Å². The average Bonchev–Trinajstić information content (AvgIpc) is 2.78. The minimum Gasteiger partial charge on any atom is -0.497 e. The van der Waals surface area contributed by atoms with Gasteiger partial charge in [0.2, 0.25) is 0 Å². The molecule has 0 spiro atoms. The van der Waals surface area contributed by atoms with Crippen LogP contribution < -0.4 is 14.8 Å². The van der Waals surface area contributed by atoms with Crippen molar-refractivity contribution in [3.63, 3.8) is 0 Å².